The van der Waals surface area contributed by atoms with E-state index >= 15 is 0 Å². The molecule has 0 saturated carbocycles. The number of nitrogens with two attached hydrogens (primary N) is 1. The molecular weight excluding hydrogens is 342 g/mol. The van der Waals surface area contributed by atoms with Crippen molar-refractivity contribution in [2.24, 2.45) is 11.7 Å². The van der Waals surface area contributed by atoms with Gasteiger partial charge in [0.25, 0.3) is 0 Å². The Morgan fingerprint density at radius 2 is 1.89 bits per heavy atom. The van der Waals surface area contributed by atoms with E-state index in [0.29, 0.717) is 45.5 Å². The number of hydrogen-bond donors (Lipinski definition) is 2. The second-order valence-corrected chi connectivity index (χ2v) is 7.44. The molecular formula is C21H33N3O3. The third kappa shape index (κ3) is 7.31. The zero-order chi connectivity index (χ0) is 19.6. The number of rotatable bonds is 9. The predicted molar refractivity (Wildman–Crippen MR) is 106 cm³/mol. The molecule has 1 fully saturated rings. The molecule has 6 heteroatoms. The molecule has 2 rings (SSSR count). The number of amides is 2. The van der Waals surface area contributed by atoms with E-state index in [9.17, 15) is 9.59 Å². The maximum atomic E-state index is 12.5. The fourth-order valence-electron chi connectivity index (χ4n) is 3.27. The van der Waals surface area contributed by atoms with Crippen molar-refractivity contribution >= 4 is 11.8 Å². The molecule has 27 heavy (non-hydrogen) atoms. The molecule has 6 nitrogen and oxygen atoms in total. The van der Waals surface area contributed by atoms with Crippen LogP contribution < -0.4 is 11.1 Å². The summed E-state index contributed by atoms with van der Waals surface area (Å²) in [6.07, 6.45) is 2.76. The number of likely N-dealkylation sites (tertiary alicyclic amines) is 1. The van der Waals surface area contributed by atoms with E-state index in [2.05, 4.69) is 5.32 Å². The third-order valence-electron chi connectivity index (χ3n) is 4.91. The minimum Gasteiger partial charge on any atom is -0.379 e. The maximum Gasteiger partial charge on any atom is 0.224 e. The van der Waals surface area contributed by atoms with Crippen LogP contribution in [0.3, 0.4) is 0 Å². The minimum absolute atomic E-state index is 0.0112. The van der Waals surface area contributed by atoms with Gasteiger partial charge in [-0.05, 0) is 38.7 Å². The zero-order valence-electron chi connectivity index (χ0n) is 16.5. The van der Waals surface area contributed by atoms with E-state index in [4.69, 9.17) is 10.5 Å². The molecule has 1 aromatic carbocycles. The molecule has 3 N–H and O–H groups in total. The molecule has 1 aliphatic heterocycles. The summed E-state index contributed by atoms with van der Waals surface area (Å²) < 4.78 is 5.47. The van der Waals surface area contributed by atoms with Gasteiger partial charge in [0.05, 0.1) is 6.10 Å². The van der Waals surface area contributed by atoms with Crippen molar-refractivity contribution in [3.63, 3.8) is 0 Å². The molecule has 0 bridgehead atoms. The fraction of sp³-hybridized carbons (Fsp3) is 0.619. The highest BCUT2D eigenvalue weighted by molar-refractivity contribution is 5.80. The number of carbonyl (C=O) groups excluding carboxylic acids is 2. The van der Waals surface area contributed by atoms with Crippen molar-refractivity contribution in [2.45, 2.75) is 51.7 Å². The van der Waals surface area contributed by atoms with Crippen molar-refractivity contribution in [1.82, 2.24) is 10.2 Å². The van der Waals surface area contributed by atoms with Crippen LogP contribution >= 0.6 is 0 Å². The first-order valence-corrected chi connectivity index (χ1v) is 9.95. The molecule has 1 unspecified atom stereocenters. The molecule has 1 aliphatic rings. The average Bonchev–Trinajstić information content (AvgIpc) is 2.68. The molecule has 0 aromatic heterocycles. The van der Waals surface area contributed by atoms with Gasteiger partial charge in [-0.3, -0.25) is 9.59 Å². The summed E-state index contributed by atoms with van der Waals surface area (Å²) in [5, 5.41) is 2.98. The van der Waals surface area contributed by atoms with Gasteiger partial charge in [0.15, 0.2) is 0 Å². The number of hydrogen-bond acceptors (Lipinski definition) is 4. The van der Waals surface area contributed by atoms with E-state index in [1.54, 1.807) is 0 Å². The molecule has 1 aromatic rings. The fourth-order valence-corrected chi connectivity index (χ4v) is 3.27. The highest BCUT2D eigenvalue weighted by Gasteiger charge is 2.27. The lowest BCUT2D eigenvalue weighted by molar-refractivity contribution is -0.136. The minimum atomic E-state index is -0.284. The molecule has 2 amide bonds. The normalized spacial score (nSPS) is 16.4. The van der Waals surface area contributed by atoms with Gasteiger partial charge in [0.2, 0.25) is 11.8 Å². The van der Waals surface area contributed by atoms with Crippen LogP contribution in [0.4, 0.5) is 0 Å². The van der Waals surface area contributed by atoms with E-state index in [1.807, 2.05) is 49.1 Å². The summed E-state index contributed by atoms with van der Waals surface area (Å²) in [5.74, 6) is 0.145. The Balaban J connectivity index is 1.66. The Bertz CT molecular complexity index is 584. The SMILES string of the molecule is CC(C)OCCCNC(=O)C1CCN(C(=O)CC(N)c2ccccc2)CC1. The first kappa shape index (κ1) is 21.4. The van der Waals surface area contributed by atoms with Crippen LogP contribution in [0.5, 0.6) is 0 Å². The van der Waals surface area contributed by atoms with E-state index in [0.717, 1.165) is 12.0 Å². The van der Waals surface area contributed by atoms with Crippen LogP contribution in [0.15, 0.2) is 30.3 Å². The van der Waals surface area contributed by atoms with Crippen LogP contribution in [0.25, 0.3) is 0 Å². The lowest BCUT2D eigenvalue weighted by Crippen LogP contribution is -2.43. The van der Waals surface area contributed by atoms with Crippen LogP contribution in [0, 0.1) is 5.92 Å². The standard InChI is InChI=1S/C21H33N3O3/c1-16(2)27-14-6-11-23-21(26)18-9-12-24(13-10-18)20(25)15-19(22)17-7-4-3-5-8-17/h3-5,7-8,16,18-19H,6,9-15,22H2,1-2H3,(H,23,26). The zero-order valence-corrected chi connectivity index (χ0v) is 16.5. The van der Waals surface area contributed by atoms with Gasteiger partial charge in [0, 0.05) is 44.6 Å². The molecule has 1 atom stereocenters. The van der Waals surface area contributed by atoms with Crippen molar-refractivity contribution in [3.05, 3.63) is 35.9 Å². The van der Waals surface area contributed by atoms with Gasteiger partial charge in [-0.1, -0.05) is 30.3 Å². The second-order valence-electron chi connectivity index (χ2n) is 7.44. The molecule has 1 saturated heterocycles. The number of carbonyl (C=O) groups is 2. The molecule has 0 radical (unpaired) electrons. The summed E-state index contributed by atoms with van der Waals surface area (Å²) >= 11 is 0. The number of piperidine rings is 1. The van der Waals surface area contributed by atoms with Gasteiger partial charge in [-0.2, -0.15) is 0 Å². The molecule has 0 aliphatic carbocycles. The van der Waals surface area contributed by atoms with Crippen molar-refractivity contribution in [1.29, 1.82) is 0 Å². The summed E-state index contributed by atoms with van der Waals surface area (Å²) in [6, 6.07) is 9.40. The van der Waals surface area contributed by atoms with Gasteiger partial charge < -0.3 is 20.7 Å². The number of benzene rings is 1. The maximum absolute atomic E-state index is 12.5. The molecule has 0 spiro atoms. The van der Waals surface area contributed by atoms with Crippen molar-refractivity contribution < 1.29 is 14.3 Å². The summed E-state index contributed by atoms with van der Waals surface area (Å²) in [5.41, 5.74) is 7.13. The topological polar surface area (TPSA) is 84.7 Å². The summed E-state index contributed by atoms with van der Waals surface area (Å²) in [6.45, 7) is 6.54. The quantitative estimate of drug-likeness (QED) is 0.648. The number of nitrogens with one attached hydrogen (secondary N) is 1. The average molecular weight is 376 g/mol. The molecule has 150 valence electrons. The lowest BCUT2D eigenvalue weighted by atomic mass is 9.95. The monoisotopic (exact) mass is 375 g/mol. The van der Waals surface area contributed by atoms with Gasteiger partial charge in [0.1, 0.15) is 0 Å². The third-order valence-corrected chi connectivity index (χ3v) is 4.91. The number of ether oxygens (including phenoxy) is 1. The van der Waals surface area contributed by atoms with Crippen LogP contribution in [-0.2, 0) is 14.3 Å². The highest BCUT2D eigenvalue weighted by atomic mass is 16.5. The van der Waals surface area contributed by atoms with Gasteiger partial charge >= 0.3 is 0 Å². The Kier molecular flexibility index (Phi) is 8.75. The smallest absolute Gasteiger partial charge is 0.224 e. The van der Waals surface area contributed by atoms with Crippen LogP contribution in [0.2, 0.25) is 0 Å². The van der Waals surface area contributed by atoms with Crippen LogP contribution in [-0.4, -0.2) is 49.1 Å². The number of nitrogens with zero attached hydrogens (tertiary/aromatic N) is 1. The summed E-state index contributed by atoms with van der Waals surface area (Å²) in [7, 11) is 0. The van der Waals surface area contributed by atoms with Gasteiger partial charge in [-0.25, -0.2) is 0 Å². The predicted octanol–water partition coefficient (Wildman–Crippen LogP) is 2.25. The Hall–Kier alpha value is -1.92. The van der Waals surface area contributed by atoms with E-state index in [1.165, 1.54) is 0 Å². The van der Waals surface area contributed by atoms with Crippen LogP contribution in [0.1, 0.15) is 51.1 Å². The van der Waals surface area contributed by atoms with Crippen molar-refractivity contribution in [3.8, 4) is 0 Å². The highest BCUT2D eigenvalue weighted by Crippen LogP contribution is 2.20. The molecule has 1 heterocycles. The van der Waals surface area contributed by atoms with E-state index in [-0.39, 0.29) is 29.9 Å². The van der Waals surface area contributed by atoms with E-state index < -0.39 is 0 Å². The Morgan fingerprint density at radius 1 is 1.22 bits per heavy atom. The lowest BCUT2D eigenvalue weighted by Gasteiger charge is -2.32. The Labute approximate surface area is 162 Å². The Morgan fingerprint density at radius 3 is 2.52 bits per heavy atom. The first-order chi connectivity index (χ1) is 13.0. The largest absolute Gasteiger partial charge is 0.379 e. The second kappa shape index (κ2) is 11.0. The van der Waals surface area contributed by atoms with Crippen molar-refractivity contribution in [2.75, 3.05) is 26.2 Å². The summed E-state index contributed by atoms with van der Waals surface area (Å²) in [4.78, 5) is 26.6. The first-order valence-electron chi connectivity index (χ1n) is 9.95. The van der Waals surface area contributed by atoms with Gasteiger partial charge in [-0.15, -0.1) is 0 Å².